The van der Waals surface area contributed by atoms with E-state index in [1.807, 2.05) is 42.5 Å². The zero-order chi connectivity index (χ0) is 14.8. The highest BCUT2D eigenvalue weighted by Gasteiger charge is 2.10. The second kappa shape index (κ2) is 5.22. The summed E-state index contributed by atoms with van der Waals surface area (Å²) in [7, 11) is 0. The van der Waals surface area contributed by atoms with Crippen molar-refractivity contribution in [3.63, 3.8) is 0 Å². The largest absolute Gasteiger partial charge is 0.301 e. The SMILES string of the molecule is Cc1nc2ccccc2n(Cc2ccccc2C#N)c1=O. The van der Waals surface area contributed by atoms with Gasteiger partial charge in [0.05, 0.1) is 29.2 Å². The third kappa shape index (κ3) is 2.30. The van der Waals surface area contributed by atoms with Gasteiger partial charge in [-0.1, -0.05) is 30.3 Å². The first-order valence-corrected chi connectivity index (χ1v) is 6.65. The fraction of sp³-hybridized carbons (Fsp3) is 0.118. The fourth-order valence-electron chi connectivity index (χ4n) is 2.41. The summed E-state index contributed by atoms with van der Waals surface area (Å²) in [6, 6.07) is 17.0. The Bertz CT molecular complexity index is 919. The van der Waals surface area contributed by atoms with Crippen molar-refractivity contribution in [1.29, 1.82) is 5.26 Å². The van der Waals surface area contributed by atoms with Crippen LogP contribution in [0.5, 0.6) is 0 Å². The molecule has 0 fully saturated rings. The molecule has 0 N–H and O–H groups in total. The van der Waals surface area contributed by atoms with Gasteiger partial charge in [0.1, 0.15) is 5.69 Å². The second-order valence-corrected chi connectivity index (χ2v) is 4.85. The van der Waals surface area contributed by atoms with Gasteiger partial charge in [0, 0.05) is 0 Å². The van der Waals surface area contributed by atoms with Crippen LogP contribution in [0.15, 0.2) is 53.3 Å². The van der Waals surface area contributed by atoms with Crippen molar-refractivity contribution >= 4 is 11.0 Å². The van der Waals surface area contributed by atoms with E-state index in [1.165, 1.54) is 0 Å². The van der Waals surface area contributed by atoms with E-state index in [0.717, 1.165) is 16.6 Å². The van der Waals surface area contributed by atoms with Crippen LogP contribution in [-0.2, 0) is 6.54 Å². The normalized spacial score (nSPS) is 10.5. The number of hydrogen-bond donors (Lipinski definition) is 0. The first-order valence-electron chi connectivity index (χ1n) is 6.65. The average Bonchev–Trinajstić information content (AvgIpc) is 2.52. The minimum atomic E-state index is -0.124. The third-order valence-electron chi connectivity index (χ3n) is 3.48. The van der Waals surface area contributed by atoms with E-state index in [4.69, 9.17) is 0 Å². The van der Waals surface area contributed by atoms with Gasteiger partial charge >= 0.3 is 0 Å². The number of rotatable bonds is 2. The zero-order valence-electron chi connectivity index (χ0n) is 11.6. The van der Waals surface area contributed by atoms with Gasteiger partial charge in [0.2, 0.25) is 0 Å². The molecule has 0 bridgehead atoms. The van der Waals surface area contributed by atoms with Crippen LogP contribution in [0.25, 0.3) is 11.0 Å². The van der Waals surface area contributed by atoms with E-state index in [1.54, 1.807) is 17.6 Å². The number of hydrogen-bond acceptors (Lipinski definition) is 3. The van der Waals surface area contributed by atoms with Crippen LogP contribution in [0.1, 0.15) is 16.8 Å². The van der Waals surface area contributed by atoms with Crippen LogP contribution < -0.4 is 5.56 Å². The first-order chi connectivity index (χ1) is 10.2. The highest BCUT2D eigenvalue weighted by molar-refractivity contribution is 5.74. The molecule has 0 spiro atoms. The van der Waals surface area contributed by atoms with Crippen LogP contribution in [0.3, 0.4) is 0 Å². The van der Waals surface area contributed by atoms with Gasteiger partial charge in [-0.25, -0.2) is 4.98 Å². The van der Waals surface area contributed by atoms with Crippen LogP contribution in [0.4, 0.5) is 0 Å². The van der Waals surface area contributed by atoms with Crippen molar-refractivity contribution in [2.24, 2.45) is 0 Å². The Balaban J connectivity index is 2.23. The molecule has 3 aromatic rings. The lowest BCUT2D eigenvalue weighted by atomic mass is 10.1. The van der Waals surface area contributed by atoms with Gasteiger partial charge in [0.15, 0.2) is 0 Å². The molecule has 0 atom stereocenters. The molecule has 21 heavy (non-hydrogen) atoms. The maximum absolute atomic E-state index is 12.4. The van der Waals surface area contributed by atoms with Crippen LogP contribution in [-0.4, -0.2) is 9.55 Å². The third-order valence-corrected chi connectivity index (χ3v) is 3.48. The summed E-state index contributed by atoms with van der Waals surface area (Å²) in [6.45, 7) is 2.08. The molecule has 4 heteroatoms. The van der Waals surface area contributed by atoms with E-state index < -0.39 is 0 Å². The molecule has 0 radical (unpaired) electrons. The molecule has 4 nitrogen and oxygen atoms in total. The molecule has 0 saturated heterocycles. The molecule has 0 saturated carbocycles. The smallest absolute Gasteiger partial charge is 0.272 e. The molecule has 0 aliphatic heterocycles. The summed E-state index contributed by atoms with van der Waals surface area (Å²) in [5, 5.41) is 9.18. The second-order valence-electron chi connectivity index (χ2n) is 4.85. The first kappa shape index (κ1) is 13.1. The molecule has 1 heterocycles. The van der Waals surface area contributed by atoms with Crippen LogP contribution >= 0.6 is 0 Å². The highest BCUT2D eigenvalue weighted by atomic mass is 16.1. The molecule has 2 aromatic carbocycles. The van der Waals surface area contributed by atoms with Crippen LogP contribution in [0.2, 0.25) is 0 Å². The number of nitrogens with zero attached hydrogens (tertiary/aromatic N) is 3. The van der Waals surface area contributed by atoms with Crippen molar-refractivity contribution in [3.8, 4) is 6.07 Å². The number of fused-ring (bicyclic) bond motifs is 1. The Morgan fingerprint density at radius 3 is 2.67 bits per heavy atom. The lowest BCUT2D eigenvalue weighted by Gasteiger charge is -2.12. The van der Waals surface area contributed by atoms with Gasteiger partial charge in [-0.05, 0) is 30.7 Å². The summed E-state index contributed by atoms with van der Waals surface area (Å²) >= 11 is 0. The molecular weight excluding hydrogens is 262 g/mol. The van der Waals surface area contributed by atoms with E-state index in [2.05, 4.69) is 11.1 Å². The monoisotopic (exact) mass is 275 g/mol. The van der Waals surface area contributed by atoms with Crippen molar-refractivity contribution in [1.82, 2.24) is 9.55 Å². The van der Waals surface area contributed by atoms with Crippen molar-refractivity contribution < 1.29 is 0 Å². The number of para-hydroxylation sites is 2. The van der Waals surface area contributed by atoms with Crippen LogP contribution in [0, 0.1) is 18.3 Å². The number of aromatic nitrogens is 2. The van der Waals surface area contributed by atoms with Gasteiger partial charge < -0.3 is 4.57 Å². The van der Waals surface area contributed by atoms with Crippen molar-refractivity contribution in [2.45, 2.75) is 13.5 Å². The van der Waals surface area contributed by atoms with E-state index >= 15 is 0 Å². The average molecular weight is 275 g/mol. The lowest BCUT2D eigenvalue weighted by Crippen LogP contribution is -2.24. The maximum atomic E-state index is 12.4. The van der Waals surface area contributed by atoms with Crippen molar-refractivity contribution in [3.05, 3.63) is 75.7 Å². The van der Waals surface area contributed by atoms with Crippen molar-refractivity contribution in [2.75, 3.05) is 0 Å². The van der Waals surface area contributed by atoms with Gasteiger partial charge in [-0.3, -0.25) is 4.79 Å². The summed E-state index contributed by atoms with van der Waals surface area (Å²) in [4.78, 5) is 16.7. The van der Waals surface area contributed by atoms with E-state index in [9.17, 15) is 10.1 Å². The molecule has 1 aromatic heterocycles. The highest BCUT2D eigenvalue weighted by Crippen LogP contribution is 2.14. The molecule has 0 unspecified atom stereocenters. The predicted molar refractivity (Wildman–Crippen MR) is 81.0 cm³/mol. The quantitative estimate of drug-likeness (QED) is 0.722. The molecular formula is C17H13N3O. The number of benzene rings is 2. The summed E-state index contributed by atoms with van der Waals surface area (Å²) < 4.78 is 1.67. The minimum absolute atomic E-state index is 0.124. The molecule has 0 aliphatic rings. The number of nitriles is 1. The molecule has 102 valence electrons. The Hall–Kier alpha value is -2.93. The Morgan fingerprint density at radius 2 is 1.86 bits per heavy atom. The molecule has 0 amide bonds. The summed E-state index contributed by atoms with van der Waals surface area (Å²) in [5.41, 5.74) is 3.32. The topological polar surface area (TPSA) is 58.7 Å². The Kier molecular flexibility index (Phi) is 3.25. The summed E-state index contributed by atoms with van der Waals surface area (Å²) in [5.74, 6) is 0. The minimum Gasteiger partial charge on any atom is -0.301 e. The van der Waals surface area contributed by atoms with Gasteiger partial charge in [-0.15, -0.1) is 0 Å². The lowest BCUT2D eigenvalue weighted by molar-refractivity contribution is 0.774. The maximum Gasteiger partial charge on any atom is 0.272 e. The summed E-state index contributed by atoms with van der Waals surface area (Å²) in [6.07, 6.45) is 0. The van der Waals surface area contributed by atoms with Gasteiger partial charge in [-0.2, -0.15) is 5.26 Å². The molecule has 0 aliphatic carbocycles. The van der Waals surface area contributed by atoms with Gasteiger partial charge in [0.25, 0.3) is 5.56 Å². The predicted octanol–water partition coefficient (Wildman–Crippen LogP) is 2.62. The van der Waals surface area contributed by atoms with E-state index in [-0.39, 0.29) is 5.56 Å². The Morgan fingerprint density at radius 1 is 1.14 bits per heavy atom. The Labute approximate surface area is 121 Å². The molecule has 3 rings (SSSR count). The number of aryl methyl sites for hydroxylation is 1. The zero-order valence-corrected chi connectivity index (χ0v) is 11.6. The van der Waals surface area contributed by atoms with E-state index in [0.29, 0.717) is 17.8 Å². The standard InChI is InChI=1S/C17H13N3O/c1-12-17(21)20(16-9-5-4-8-15(16)19-12)11-14-7-3-2-6-13(14)10-18/h2-9H,11H2,1H3. The fourth-order valence-corrected chi connectivity index (χ4v) is 2.41.